The number of likely N-dealkylation sites (tertiary alicyclic amines) is 1. The van der Waals surface area contributed by atoms with Crippen molar-refractivity contribution in [2.45, 2.75) is 25.8 Å². The normalized spacial score (nSPS) is 19.5. The Bertz CT molecular complexity index is 636. The molecule has 2 aromatic rings. The van der Waals surface area contributed by atoms with E-state index in [0.717, 1.165) is 31.6 Å². The number of aromatic nitrogens is 3. The van der Waals surface area contributed by atoms with Crippen molar-refractivity contribution in [3.63, 3.8) is 0 Å². The molecule has 2 aromatic heterocycles. The van der Waals surface area contributed by atoms with Gasteiger partial charge in [0.1, 0.15) is 5.56 Å². The highest BCUT2D eigenvalue weighted by molar-refractivity contribution is 5.99. The van der Waals surface area contributed by atoms with Gasteiger partial charge in [0.15, 0.2) is 5.65 Å². The summed E-state index contributed by atoms with van der Waals surface area (Å²) < 4.78 is 1.65. The predicted molar refractivity (Wildman–Crippen MR) is 75.7 cm³/mol. The molecule has 3 heterocycles. The van der Waals surface area contributed by atoms with Gasteiger partial charge in [0.2, 0.25) is 0 Å². The number of nitrogens with one attached hydrogen (secondary N) is 1. The lowest BCUT2D eigenvalue weighted by molar-refractivity contribution is 0.0700. The minimum atomic E-state index is 0.0260. The minimum Gasteiger partial charge on any atom is -0.337 e. The first-order valence-corrected chi connectivity index (χ1v) is 6.96. The van der Waals surface area contributed by atoms with E-state index in [9.17, 15) is 4.79 Å². The van der Waals surface area contributed by atoms with Crippen LogP contribution >= 0.6 is 0 Å². The van der Waals surface area contributed by atoms with Gasteiger partial charge < -0.3 is 10.2 Å². The van der Waals surface area contributed by atoms with Gasteiger partial charge >= 0.3 is 0 Å². The molecule has 0 spiro atoms. The molecule has 0 aliphatic carbocycles. The number of rotatable bonds is 2. The van der Waals surface area contributed by atoms with Crippen LogP contribution in [0.2, 0.25) is 0 Å². The van der Waals surface area contributed by atoms with Crippen LogP contribution in [0.3, 0.4) is 0 Å². The van der Waals surface area contributed by atoms with Crippen molar-refractivity contribution in [3.05, 3.63) is 29.7 Å². The second-order valence-corrected chi connectivity index (χ2v) is 5.27. The third kappa shape index (κ3) is 2.27. The Balaban J connectivity index is 1.90. The molecule has 1 aliphatic rings. The lowest BCUT2D eigenvalue weighted by Gasteiger charge is -2.32. The van der Waals surface area contributed by atoms with Gasteiger partial charge in [-0.15, -0.1) is 0 Å². The predicted octanol–water partition coefficient (Wildman–Crippen LogP) is 0.862. The van der Waals surface area contributed by atoms with Gasteiger partial charge in [-0.1, -0.05) is 0 Å². The Morgan fingerprint density at radius 1 is 1.50 bits per heavy atom. The van der Waals surface area contributed by atoms with Crippen LogP contribution in [0.15, 0.2) is 18.5 Å². The largest absolute Gasteiger partial charge is 0.337 e. The zero-order valence-corrected chi connectivity index (χ0v) is 11.8. The van der Waals surface area contributed by atoms with Gasteiger partial charge in [-0.25, -0.2) is 9.50 Å². The molecule has 106 valence electrons. The Morgan fingerprint density at radius 3 is 3.15 bits per heavy atom. The van der Waals surface area contributed by atoms with E-state index in [1.807, 2.05) is 31.1 Å². The number of fused-ring (bicyclic) bond motifs is 1. The second kappa shape index (κ2) is 5.20. The fourth-order valence-corrected chi connectivity index (χ4v) is 2.68. The average molecular weight is 273 g/mol. The monoisotopic (exact) mass is 273 g/mol. The molecule has 1 atom stereocenters. The maximum atomic E-state index is 12.7. The number of hydrogen-bond donors (Lipinski definition) is 1. The number of amides is 1. The number of carbonyl (C=O) groups excluding carboxylic acids is 1. The number of nitrogens with zero attached hydrogens (tertiary/aromatic N) is 4. The van der Waals surface area contributed by atoms with Crippen molar-refractivity contribution in [2.24, 2.45) is 0 Å². The van der Waals surface area contributed by atoms with Gasteiger partial charge in [0.05, 0.1) is 6.20 Å². The molecule has 1 aliphatic heterocycles. The zero-order chi connectivity index (χ0) is 14.1. The van der Waals surface area contributed by atoms with E-state index >= 15 is 0 Å². The quantitative estimate of drug-likeness (QED) is 0.881. The molecule has 0 saturated carbocycles. The van der Waals surface area contributed by atoms with Crippen molar-refractivity contribution in [3.8, 4) is 0 Å². The molecule has 0 radical (unpaired) electrons. The van der Waals surface area contributed by atoms with E-state index in [4.69, 9.17) is 0 Å². The van der Waals surface area contributed by atoms with E-state index in [1.165, 1.54) is 0 Å². The number of carbonyl (C=O) groups is 1. The van der Waals surface area contributed by atoms with Crippen molar-refractivity contribution in [1.82, 2.24) is 24.8 Å². The molecule has 3 rings (SSSR count). The molecular formula is C14H19N5O. The summed E-state index contributed by atoms with van der Waals surface area (Å²) in [5, 5.41) is 7.46. The molecule has 1 fully saturated rings. The highest BCUT2D eigenvalue weighted by Gasteiger charge is 2.25. The third-order valence-corrected chi connectivity index (χ3v) is 3.86. The number of aryl methyl sites for hydroxylation is 1. The smallest absolute Gasteiger partial charge is 0.259 e. The van der Waals surface area contributed by atoms with Crippen molar-refractivity contribution >= 4 is 11.6 Å². The maximum Gasteiger partial charge on any atom is 0.259 e. The number of likely N-dealkylation sites (N-methyl/N-ethyl adjacent to an activating group) is 1. The van der Waals surface area contributed by atoms with Crippen LogP contribution in [0.5, 0.6) is 0 Å². The van der Waals surface area contributed by atoms with E-state index in [1.54, 1.807) is 10.7 Å². The van der Waals surface area contributed by atoms with Gasteiger partial charge in [0, 0.05) is 31.0 Å². The molecule has 0 unspecified atom stereocenters. The molecular weight excluding hydrogens is 254 g/mol. The first kappa shape index (κ1) is 13.1. The average Bonchev–Trinajstić information content (AvgIpc) is 2.89. The summed E-state index contributed by atoms with van der Waals surface area (Å²) in [6, 6.07) is 2.26. The van der Waals surface area contributed by atoms with E-state index in [-0.39, 0.29) is 5.91 Å². The summed E-state index contributed by atoms with van der Waals surface area (Å²) in [6.45, 7) is 3.47. The molecule has 1 saturated heterocycles. The summed E-state index contributed by atoms with van der Waals surface area (Å²) in [7, 11) is 1.94. The standard InChI is InChI=1S/C14H19N5O/c1-10-5-7-19-13(17-10)12(8-16-19)14(20)18-6-3-4-11(9-18)15-2/h5,7-8,11,15H,3-4,6,9H2,1-2H3/t11-/m1/s1. The number of piperidine rings is 1. The maximum absolute atomic E-state index is 12.7. The minimum absolute atomic E-state index is 0.0260. The summed E-state index contributed by atoms with van der Waals surface area (Å²) in [4.78, 5) is 19.0. The summed E-state index contributed by atoms with van der Waals surface area (Å²) >= 11 is 0. The van der Waals surface area contributed by atoms with Crippen LogP contribution in [-0.2, 0) is 0 Å². The van der Waals surface area contributed by atoms with Gasteiger partial charge in [-0.05, 0) is 32.9 Å². The third-order valence-electron chi connectivity index (χ3n) is 3.86. The lowest BCUT2D eigenvalue weighted by Crippen LogP contribution is -2.46. The van der Waals surface area contributed by atoms with Crippen molar-refractivity contribution in [1.29, 1.82) is 0 Å². The fraction of sp³-hybridized carbons (Fsp3) is 0.500. The topological polar surface area (TPSA) is 62.5 Å². The Kier molecular flexibility index (Phi) is 3.40. The molecule has 6 heteroatoms. The summed E-state index contributed by atoms with van der Waals surface area (Å²) in [6.07, 6.45) is 5.60. The van der Waals surface area contributed by atoms with E-state index < -0.39 is 0 Å². The molecule has 0 bridgehead atoms. The molecule has 0 aromatic carbocycles. The molecule has 1 amide bonds. The lowest BCUT2D eigenvalue weighted by atomic mass is 10.1. The van der Waals surface area contributed by atoms with Gasteiger partial charge in [-0.2, -0.15) is 5.10 Å². The summed E-state index contributed by atoms with van der Waals surface area (Å²) in [5.74, 6) is 0.0260. The van der Waals surface area contributed by atoms with Crippen molar-refractivity contribution < 1.29 is 4.79 Å². The first-order chi connectivity index (χ1) is 9.69. The highest BCUT2D eigenvalue weighted by Crippen LogP contribution is 2.16. The highest BCUT2D eigenvalue weighted by atomic mass is 16.2. The second-order valence-electron chi connectivity index (χ2n) is 5.27. The first-order valence-electron chi connectivity index (χ1n) is 6.96. The van der Waals surface area contributed by atoms with E-state index in [2.05, 4.69) is 15.4 Å². The van der Waals surface area contributed by atoms with Crippen molar-refractivity contribution in [2.75, 3.05) is 20.1 Å². The van der Waals surface area contributed by atoms with Crippen LogP contribution < -0.4 is 5.32 Å². The van der Waals surface area contributed by atoms with Crippen LogP contribution in [-0.4, -0.2) is 51.6 Å². The SMILES string of the molecule is CN[C@@H]1CCCN(C(=O)c2cnn3ccc(C)nc23)C1. The van der Waals surface area contributed by atoms with Gasteiger partial charge in [0.25, 0.3) is 5.91 Å². The summed E-state index contributed by atoms with van der Waals surface area (Å²) in [5.41, 5.74) is 2.12. The Hall–Kier alpha value is -1.95. The van der Waals surface area contributed by atoms with E-state index in [0.29, 0.717) is 17.3 Å². The van der Waals surface area contributed by atoms with Crippen LogP contribution in [0.1, 0.15) is 28.9 Å². The van der Waals surface area contributed by atoms with Crippen LogP contribution in [0.4, 0.5) is 0 Å². The van der Waals surface area contributed by atoms with Crippen LogP contribution in [0.25, 0.3) is 5.65 Å². The number of hydrogen-bond acceptors (Lipinski definition) is 4. The fourth-order valence-electron chi connectivity index (χ4n) is 2.68. The Morgan fingerprint density at radius 2 is 2.35 bits per heavy atom. The molecule has 1 N–H and O–H groups in total. The van der Waals surface area contributed by atoms with Gasteiger partial charge in [-0.3, -0.25) is 4.79 Å². The Labute approximate surface area is 117 Å². The zero-order valence-electron chi connectivity index (χ0n) is 11.8. The molecule has 6 nitrogen and oxygen atoms in total. The van der Waals surface area contributed by atoms with Crippen LogP contribution in [0, 0.1) is 6.92 Å². The molecule has 20 heavy (non-hydrogen) atoms.